The topological polar surface area (TPSA) is 43.1 Å². The molecular formula is C10H6F5NO2. The summed E-state index contributed by atoms with van der Waals surface area (Å²) in [5.74, 6) is -5.14. The number of nitro benzene ring substituents is 1. The Labute approximate surface area is 97.7 Å². The Hall–Kier alpha value is -1.99. The van der Waals surface area contributed by atoms with Crippen molar-refractivity contribution in [3.05, 3.63) is 46.0 Å². The lowest BCUT2D eigenvalue weighted by molar-refractivity contribution is -0.385. The van der Waals surface area contributed by atoms with Crippen molar-refractivity contribution in [2.24, 2.45) is 0 Å². The maximum absolute atomic E-state index is 13.0. The first-order valence-corrected chi connectivity index (χ1v) is 4.47. The van der Waals surface area contributed by atoms with Gasteiger partial charge in [0.1, 0.15) is 0 Å². The number of hydrogen-bond donors (Lipinski definition) is 0. The normalized spacial score (nSPS) is 12.3. The van der Waals surface area contributed by atoms with Crippen LogP contribution in [0.2, 0.25) is 0 Å². The van der Waals surface area contributed by atoms with E-state index in [0.29, 0.717) is 6.07 Å². The molecule has 0 aliphatic carbocycles. The van der Waals surface area contributed by atoms with Gasteiger partial charge in [-0.25, -0.2) is 0 Å². The van der Waals surface area contributed by atoms with Crippen LogP contribution in [0.5, 0.6) is 0 Å². The monoisotopic (exact) mass is 267 g/mol. The number of nitrogens with zero attached hydrogens (tertiary/aromatic N) is 1. The summed E-state index contributed by atoms with van der Waals surface area (Å²) in [7, 11) is 0. The standard InChI is InChI=1S/C10H6F5NO2/c1-2-6-3-4-7(5-8(6)16(17)18)9(11,12)10(13,14)15/h2-5H,1H2. The molecule has 18 heavy (non-hydrogen) atoms. The maximum atomic E-state index is 13.0. The van der Waals surface area contributed by atoms with Gasteiger partial charge in [0.15, 0.2) is 0 Å². The van der Waals surface area contributed by atoms with Gasteiger partial charge in [-0.05, 0) is 6.07 Å². The molecule has 0 amide bonds. The second-order valence-corrected chi connectivity index (χ2v) is 3.31. The molecule has 0 saturated carbocycles. The molecule has 0 aromatic heterocycles. The number of rotatable bonds is 3. The smallest absolute Gasteiger partial charge is 0.258 e. The highest BCUT2D eigenvalue weighted by Crippen LogP contribution is 2.44. The van der Waals surface area contributed by atoms with Gasteiger partial charge in [0.25, 0.3) is 5.69 Å². The average Bonchev–Trinajstić information content (AvgIpc) is 2.26. The lowest BCUT2D eigenvalue weighted by atomic mass is 10.0. The number of alkyl halides is 5. The molecular weight excluding hydrogens is 261 g/mol. The molecule has 0 N–H and O–H groups in total. The van der Waals surface area contributed by atoms with Crippen LogP contribution in [0.25, 0.3) is 6.08 Å². The number of hydrogen-bond acceptors (Lipinski definition) is 2. The van der Waals surface area contributed by atoms with E-state index < -0.39 is 28.3 Å². The van der Waals surface area contributed by atoms with Crippen molar-refractivity contribution in [1.82, 2.24) is 0 Å². The van der Waals surface area contributed by atoms with Crippen LogP contribution in [-0.2, 0) is 5.92 Å². The van der Waals surface area contributed by atoms with E-state index in [1.54, 1.807) is 0 Å². The summed E-state index contributed by atoms with van der Waals surface area (Å²) in [6.07, 6.45) is -4.82. The Bertz CT molecular complexity index is 496. The molecule has 0 radical (unpaired) electrons. The van der Waals surface area contributed by atoms with Crippen LogP contribution in [-0.4, -0.2) is 11.1 Å². The van der Waals surface area contributed by atoms with E-state index in [4.69, 9.17) is 0 Å². The van der Waals surface area contributed by atoms with E-state index in [-0.39, 0.29) is 11.6 Å². The minimum Gasteiger partial charge on any atom is -0.258 e. The Morgan fingerprint density at radius 3 is 2.17 bits per heavy atom. The minimum atomic E-state index is -5.81. The van der Waals surface area contributed by atoms with Crippen LogP contribution < -0.4 is 0 Å². The zero-order valence-electron chi connectivity index (χ0n) is 8.67. The average molecular weight is 267 g/mol. The predicted octanol–water partition coefficient (Wildman–Crippen LogP) is 3.89. The van der Waals surface area contributed by atoms with Gasteiger partial charge in [0, 0.05) is 11.6 Å². The summed E-state index contributed by atoms with van der Waals surface area (Å²) in [4.78, 5) is 9.49. The highest BCUT2D eigenvalue weighted by atomic mass is 19.4. The first-order chi connectivity index (χ1) is 8.11. The van der Waals surface area contributed by atoms with Crippen LogP contribution in [0.15, 0.2) is 24.8 Å². The summed E-state index contributed by atoms with van der Waals surface area (Å²) >= 11 is 0. The van der Waals surface area contributed by atoms with Gasteiger partial charge in [-0.1, -0.05) is 18.7 Å². The molecule has 1 aromatic rings. The molecule has 0 saturated heterocycles. The van der Waals surface area contributed by atoms with E-state index in [1.807, 2.05) is 0 Å². The highest BCUT2D eigenvalue weighted by Gasteiger charge is 2.59. The summed E-state index contributed by atoms with van der Waals surface area (Å²) in [5, 5.41) is 10.5. The maximum Gasteiger partial charge on any atom is 0.458 e. The minimum absolute atomic E-state index is 0.137. The Kier molecular flexibility index (Phi) is 3.40. The highest BCUT2D eigenvalue weighted by molar-refractivity contribution is 5.60. The Morgan fingerprint density at radius 2 is 1.78 bits per heavy atom. The van der Waals surface area contributed by atoms with E-state index in [2.05, 4.69) is 6.58 Å². The van der Waals surface area contributed by atoms with Crippen molar-refractivity contribution >= 4 is 11.8 Å². The van der Waals surface area contributed by atoms with E-state index in [1.165, 1.54) is 0 Å². The lowest BCUT2D eigenvalue weighted by Gasteiger charge is -2.19. The van der Waals surface area contributed by atoms with Gasteiger partial charge in [-0.15, -0.1) is 0 Å². The molecule has 98 valence electrons. The van der Waals surface area contributed by atoms with Gasteiger partial charge in [0.05, 0.1) is 10.5 Å². The van der Waals surface area contributed by atoms with Crippen molar-refractivity contribution in [2.75, 3.05) is 0 Å². The third-order valence-corrected chi connectivity index (χ3v) is 2.17. The number of benzene rings is 1. The number of halogens is 5. The third kappa shape index (κ3) is 2.31. The zero-order chi connectivity index (χ0) is 14.1. The summed E-state index contributed by atoms with van der Waals surface area (Å²) < 4.78 is 62.2. The molecule has 0 aliphatic rings. The van der Waals surface area contributed by atoms with Crippen LogP contribution in [0.3, 0.4) is 0 Å². The van der Waals surface area contributed by atoms with E-state index in [9.17, 15) is 32.1 Å². The van der Waals surface area contributed by atoms with Crippen molar-refractivity contribution in [3.63, 3.8) is 0 Å². The van der Waals surface area contributed by atoms with Gasteiger partial charge in [0.2, 0.25) is 0 Å². The first kappa shape index (κ1) is 14.1. The van der Waals surface area contributed by atoms with Crippen molar-refractivity contribution in [2.45, 2.75) is 12.1 Å². The molecule has 1 aromatic carbocycles. The fourth-order valence-electron chi connectivity index (χ4n) is 1.23. The fraction of sp³-hybridized carbons (Fsp3) is 0.200. The molecule has 3 nitrogen and oxygen atoms in total. The van der Waals surface area contributed by atoms with Gasteiger partial charge in [-0.3, -0.25) is 10.1 Å². The predicted molar refractivity (Wildman–Crippen MR) is 53.1 cm³/mol. The van der Waals surface area contributed by atoms with Crippen molar-refractivity contribution < 1.29 is 26.9 Å². The number of nitro groups is 1. The molecule has 0 unspecified atom stereocenters. The Morgan fingerprint density at radius 1 is 1.22 bits per heavy atom. The zero-order valence-corrected chi connectivity index (χ0v) is 8.67. The first-order valence-electron chi connectivity index (χ1n) is 4.47. The van der Waals surface area contributed by atoms with Crippen molar-refractivity contribution in [1.29, 1.82) is 0 Å². The molecule has 0 bridgehead atoms. The third-order valence-electron chi connectivity index (χ3n) is 2.17. The SMILES string of the molecule is C=Cc1ccc(C(F)(F)C(F)(F)F)cc1[N+](=O)[O-]. The molecule has 1 rings (SSSR count). The van der Waals surface area contributed by atoms with Gasteiger partial charge < -0.3 is 0 Å². The lowest BCUT2D eigenvalue weighted by Crippen LogP contribution is -2.33. The second kappa shape index (κ2) is 4.35. The van der Waals surface area contributed by atoms with Crippen LogP contribution in [0.4, 0.5) is 27.6 Å². The van der Waals surface area contributed by atoms with Crippen LogP contribution >= 0.6 is 0 Å². The van der Waals surface area contributed by atoms with Crippen LogP contribution in [0, 0.1) is 10.1 Å². The molecule has 0 spiro atoms. The molecule has 0 fully saturated rings. The quantitative estimate of drug-likeness (QED) is 0.473. The molecule has 0 atom stereocenters. The van der Waals surface area contributed by atoms with Gasteiger partial charge in [-0.2, -0.15) is 22.0 Å². The molecule has 8 heteroatoms. The molecule has 0 heterocycles. The molecule has 0 aliphatic heterocycles. The van der Waals surface area contributed by atoms with E-state index >= 15 is 0 Å². The van der Waals surface area contributed by atoms with E-state index in [0.717, 1.165) is 12.1 Å². The van der Waals surface area contributed by atoms with Crippen molar-refractivity contribution in [3.8, 4) is 0 Å². The van der Waals surface area contributed by atoms with Gasteiger partial charge >= 0.3 is 12.1 Å². The largest absolute Gasteiger partial charge is 0.458 e. The summed E-state index contributed by atoms with van der Waals surface area (Å²) in [6, 6.07) is 1.47. The Balaban J connectivity index is 3.42. The summed E-state index contributed by atoms with van der Waals surface area (Å²) in [5.41, 5.74) is -2.47. The summed E-state index contributed by atoms with van der Waals surface area (Å²) in [6.45, 7) is 3.20. The fourth-order valence-corrected chi connectivity index (χ4v) is 1.23. The van der Waals surface area contributed by atoms with Crippen LogP contribution in [0.1, 0.15) is 11.1 Å². The second-order valence-electron chi connectivity index (χ2n) is 3.31.